The van der Waals surface area contributed by atoms with Crippen LogP contribution in [0.4, 0.5) is 10.1 Å². The first-order valence-corrected chi connectivity index (χ1v) is 10.5. The summed E-state index contributed by atoms with van der Waals surface area (Å²) < 4.78 is 46.9. The summed E-state index contributed by atoms with van der Waals surface area (Å²) in [6.07, 6.45) is 3.26. The highest BCUT2D eigenvalue weighted by Crippen LogP contribution is 2.31. The van der Waals surface area contributed by atoms with E-state index in [9.17, 15) is 17.6 Å². The van der Waals surface area contributed by atoms with Crippen molar-refractivity contribution in [3.05, 3.63) is 66.0 Å². The van der Waals surface area contributed by atoms with E-state index in [0.29, 0.717) is 35.3 Å². The van der Waals surface area contributed by atoms with Crippen LogP contribution in [-0.4, -0.2) is 37.9 Å². The molecular formula is C20H17FN4O4S. The zero-order valence-electron chi connectivity index (χ0n) is 15.8. The number of nitrogens with zero attached hydrogens (tertiary/aromatic N) is 2. The van der Waals surface area contributed by atoms with Crippen molar-refractivity contribution in [1.29, 1.82) is 0 Å². The Morgan fingerprint density at radius 2 is 1.90 bits per heavy atom. The predicted molar refractivity (Wildman–Crippen MR) is 107 cm³/mol. The first-order chi connectivity index (χ1) is 14.4. The van der Waals surface area contributed by atoms with Gasteiger partial charge in [0.2, 0.25) is 5.95 Å². The molecule has 4 rings (SSSR count). The van der Waals surface area contributed by atoms with Gasteiger partial charge in [0.25, 0.3) is 15.9 Å². The number of fused-ring (bicyclic) bond motifs is 1. The lowest BCUT2D eigenvalue weighted by molar-refractivity contribution is 0.0945. The van der Waals surface area contributed by atoms with E-state index in [-0.39, 0.29) is 22.2 Å². The number of halogens is 1. The summed E-state index contributed by atoms with van der Waals surface area (Å²) in [4.78, 5) is 19.7. The van der Waals surface area contributed by atoms with Crippen LogP contribution in [0, 0.1) is 5.95 Å². The molecule has 3 aromatic rings. The second kappa shape index (κ2) is 7.71. The number of carbonyl (C=O) groups excluding carboxylic acids is 1. The smallest absolute Gasteiger partial charge is 0.265 e. The van der Waals surface area contributed by atoms with Crippen LogP contribution in [-0.2, 0) is 16.4 Å². The van der Waals surface area contributed by atoms with E-state index in [0.717, 1.165) is 0 Å². The van der Waals surface area contributed by atoms with Crippen molar-refractivity contribution in [2.24, 2.45) is 0 Å². The minimum atomic E-state index is -4.08. The average Bonchev–Trinajstić information content (AvgIpc) is 2.74. The van der Waals surface area contributed by atoms with Gasteiger partial charge < -0.3 is 10.1 Å². The summed E-state index contributed by atoms with van der Waals surface area (Å²) in [6, 6.07) is 8.71. The maximum Gasteiger partial charge on any atom is 0.265 e. The number of methoxy groups -OCH3 is 1. The molecule has 1 aromatic carbocycles. The number of carbonyl (C=O) groups is 1. The van der Waals surface area contributed by atoms with Gasteiger partial charge >= 0.3 is 0 Å². The highest BCUT2D eigenvalue weighted by Gasteiger charge is 2.23. The van der Waals surface area contributed by atoms with Gasteiger partial charge in [0.05, 0.1) is 30.3 Å². The van der Waals surface area contributed by atoms with E-state index in [4.69, 9.17) is 4.74 Å². The van der Waals surface area contributed by atoms with E-state index >= 15 is 0 Å². The molecule has 1 aliphatic heterocycles. The largest absolute Gasteiger partial charge is 0.495 e. The fourth-order valence-corrected chi connectivity index (χ4v) is 4.39. The van der Waals surface area contributed by atoms with Gasteiger partial charge in [0.15, 0.2) is 0 Å². The topological polar surface area (TPSA) is 110 Å². The molecule has 0 atom stereocenters. The predicted octanol–water partition coefficient (Wildman–Crippen LogP) is 2.38. The van der Waals surface area contributed by atoms with Crippen LogP contribution in [0.3, 0.4) is 0 Å². The molecule has 1 amide bonds. The van der Waals surface area contributed by atoms with Gasteiger partial charge in [-0.1, -0.05) is 6.07 Å². The number of anilines is 1. The van der Waals surface area contributed by atoms with Gasteiger partial charge in [-0.15, -0.1) is 0 Å². The lowest BCUT2D eigenvalue weighted by Crippen LogP contribution is -2.32. The number of amides is 1. The number of benzene rings is 1. The molecule has 0 aliphatic carbocycles. The van der Waals surface area contributed by atoms with E-state index in [2.05, 4.69) is 20.0 Å². The number of hydrogen-bond donors (Lipinski definition) is 2. The number of rotatable bonds is 5. The molecule has 0 saturated heterocycles. The summed E-state index contributed by atoms with van der Waals surface area (Å²) in [5, 5.41) is 2.70. The van der Waals surface area contributed by atoms with E-state index in [1.165, 1.54) is 49.8 Å². The van der Waals surface area contributed by atoms with Crippen molar-refractivity contribution < 1.29 is 22.3 Å². The second-order valence-corrected chi connectivity index (χ2v) is 8.22. The SMILES string of the molecule is COc1ccc(-c2ccc(F)nc2)cc1S(=O)(=O)Nc1cnc2c(c1)C(=O)NCC2. The molecule has 30 heavy (non-hydrogen) atoms. The van der Waals surface area contributed by atoms with Gasteiger partial charge in [-0.3, -0.25) is 14.5 Å². The number of aromatic nitrogens is 2. The summed E-state index contributed by atoms with van der Waals surface area (Å²) >= 11 is 0. The molecular weight excluding hydrogens is 411 g/mol. The van der Waals surface area contributed by atoms with Crippen molar-refractivity contribution >= 4 is 21.6 Å². The standard InChI is InChI=1S/C20H17FN4O4S/c1-29-17-4-2-12(13-3-5-19(21)24-10-13)8-18(17)30(27,28)25-14-9-15-16(23-11-14)6-7-22-20(15)26/h2-5,8-11,25H,6-7H2,1H3,(H,22,26). The quantitative estimate of drug-likeness (QED) is 0.604. The van der Waals surface area contributed by atoms with Gasteiger partial charge in [-0.2, -0.15) is 4.39 Å². The normalized spacial score (nSPS) is 13.3. The van der Waals surface area contributed by atoms with Crippen LogP contribution in [0.2, 0.25) is 0 Å². The number of ether oxygens (including phenoxy) is 1. The molecule has 3 heterocycles. The molecule has 0 spiro atoms. The Bertz CT molecular complexity index is 1230. The van der Waals surface area contributed by atoms with Crippen LogP contribution in [0.5, 0.6) is 5.75 Å². The Morgan fingerprint density at radius 1 is 1.10 bits per heavy atom. The Morgan fingerprint density at radius 3 is 2.63 bits per heavy atom. The van der Waals surface area contributed by atoms with Crippen molar-refractivity contribution in [1.82, 2.24) is 15.3 Å². The summed E-state index contributed by atoms with van der Waals surface area (Å²) in [6.45, 7) is 0.492. The molecule has 0 radical (unpaired) electrons. The molecule has 2 aromatic heterocycles. The maximum absolute atomic E-state index is 13.1. The van der Waals surface area contributed by atoms with E-state index in [1.54, 1.807) is 6.07 Å². The third-order valence-electron chi connectivity index (χ3n) is 4.63. The lowest BCUT2D eigenvalue weighted by Gasteiger charge is -2.17. The first-order valence-electron chi connectivity index (χ1n) is 8.97. The Labute approximate surface area is 172 Å². The molecule has 154 valence electrons. The zero-order chi connectivity index (χ0) is 21.3. The maximum atomic E-state index is 13.1. The third-order valence-corrected chi connectivity index (χ3v) is 6.03. The molecule has 0 bridgehead atoms. The van der Waals surface area contributed by atoms with Crippen LogP contribution in [0.1, 0.15) is 16.1 Å². The molecule has 0 saturated carbocycles. The Kier molecular flexibility index (Phi) is 5.08. The van der Waals surface area contributed by atoms with E-state index < -0.39 is 16.0 Å². The summed E-state index contributed by atoms with van der Waals surface area (Å²) in [5.41, 5.74) is 2.17. The lowest BCUT2D eigenvalue weighted by atomic mass is 10.1. The van der Waals surface area contributed by atoms with Crippen molar-refractivity contribution in [2.45, 2.75) is 11.3 Å². The number of hydrogen-bond acceptors (Lipinski definition) is 6. The van der Waals surface area contributed by atoms with E-state index in [1.807, 2.05) is 0 Å². The molecule has 8 nitrogen and oxygen atoms in total. The highest BCUT2D eigenvalue weighted by atomic mass is 32.2. The summed E-state index contributed by atoms with van der Waals surface area (Å²) in [7, 11) is -2.72. The Balaban J connectivity index is 1.71. The van der Waals surface area contributed by atoms with Crippen LogP contribution < -0.4 is 14.8 Å². The zero-order valence-corrected chi connectivity index (χ0v) is 16.7. The van der Waals surface area contributed by atoms with Crippen LogP contribution in [0.15, 0.2) is 53.7 Å². The Hall–Kier alpha value is -3.53. The molecule has 0 fully saturated rings. The summed E-state index contributed by atoms with van der Waals surface area (Å²) in [5.74, 6) is -0.802. The number of sulfonamides is 1. The third kappa shape index (κ3) is 3.81. The fraction of sp³-hybridized carbons (Fsp3) is 0.150. The highest BCUT2D eigenvalue weighted by molar-refractivity contribution is 7.92. The van der Waals surface area contributed by atoms with Crippen LogP contribution in [0.25, 0.3) is 11.1 Å². The van der Waals surface area contributed by atoms with Gasteiger partial charge in [-0.05, 0) is 35.9 Å². The fourth-order valence-electron chi connectivity index (χ4n) is 3.16. The molecule has 0 unspecified atom stereocenters. The van der Waals surface area contributed by atoms with Crippen molar-refractivity contribution in [3.8, 4) is 16.9 Å². The van der Waals surface area contributed by atoms with Crippen molar-refractivity contribution in [2.75, 3.05) is 18.4 Å². The van der Waals surface area contributed by atoms with Gasteiger partial charge in [0.1, 0.15) is 10.6 Å². The average molecular weight is 428 g/mol. The van der Waals surface area contributed by atoms with Crippen molar-refractivity contribution in [3.63, 3.8) is 0 Å². The first kappa shape index (κ1) is 19.8. The number of pyridine rings is 2. The minimum absolute atomic E-state index is 0.117. The number of nitrogens with one attached hydrogen (secondary N) is 2. The molecule has 1 aliphatic rings. The minimum Gasteiger partial charge on any atom is -0.495 e. The molecule has 2 N–H and O–H groups in total. The van der Waals surface area contributed by atoms with Gasteiger partial charge in [0, 0.05) is 24.7 Å². The van der Waals surface area contributed by atoms with Gasteiger partial charge in [-0.25, -0.2) is 13.4 Å². The molecule has 10 heteroatoms. The second-order valence-electron chi connectivity index (χ2n) is 6.56. The van der Waals surface area contributed by atoms with Crippen LogP contribution >= 0.6 is 0 Å². The monoisotopic (exact) mass is 428 g/mol.